The summed E-state index contributed by atoms with van der Waals surface area (Å²) in [6.07, 6.45) is 6.55. The van der Waals surface area contributed by atoms with Crippen LogP contribution in [0.15, 0.2) is 20.7 Å². The van der Waals surface area contributed by atoms with Crippen molar-refractivity contribution in [2.24, 2.45) is 14.1 Å². The van der Waals surface area contributed by atoms with Gasteiger partial charge in [0.15, 0.2) is 4.90 Å². The van der Waals surface area contributed by atoms with E-state index in [2.05, 4.69) is 10.6 Å². The van der Waals surface area contributed by atoms with Crippen LogP contribution in [0.4, 0.5) is 0 Å². The fourth-order valence-corrected chi connectivity index (χ4v) is 2.85. The lowest BCUT2D eigenvalue weighted by atomic mass is 10.3. The molecule has 8 heteroatoms. The fraction of sp³-hybridized carbons (Fsp3) is 0.455. The van der Waals surface area contributed by atoms with Crippen LogP contribution < -0.4 is 16.0 Å². The van der Waals surface area contributed by atoms with Crippen LogP contribution in [0.3, 0.4) is 0 Å². The first-order valence-corrected chi connectivity index (χ1v) is 6.98. The molecule has 0 amide bonds. The highest BCUT2D eigenvalue weighted by molar-refractivity contribution is 7.89. The summed E-state index contributed by atoms with van der Waals surface area (Å²) >= 11 is 0. The van der Waals surface area contributed by atoms with E-state index in [1.54, 1.807) is 6.92 Å². The van der Waals surface area contributed by atoms with E-state index in [1.165, 1.54) is 14.1 Å². The molecule has 1 unspecified atom stereocenters. The van der Waals surface area contributed by atoms with Crippen LogP contribution >= 0.6 is 0 Å². The molecular formula is C11H15N3O4S. The van der Waals surface area contributed by atoms with Gasteiger partial charge in [-0.25, -0.2) is 13.2 Å². The maximum Gasteiger partial charge on any atom is 0.330 e. The second-order valence-electron chi connectivity index (χ2n) is 4.00. The average molecular weight is 285 g/mol. The number of aryl methyl sites for hydroxylation is 1. The van der Waals surface area contributed by atoms with Crippen molar-refractivity contribution in [3.63, 3.8) is 0 Å². The molecule has 19 heavy (non-hydrogen) atoms. The summed E-state index contributed by atoms with van der Waals surface area (Å²) < 4.78 is 28.1. The lowest BCUT2D eigenvalue weighted by Gasteiger charge is -2.12. The number of aromatic nitrogens is 2. The molecular weight excluding hydrogens is 270 g/mol. The highest BCUT2D eigenvalue weighted by atomic mass is 32.2. The van der Waals surface area contributed by atoms with E-state index in [1.807, 2.05) is 0 Å². The van der Waals surface area contributed by atoms with E-state index in [-0.39, 0.29) is 0 Å². The minimum Gasteiger partial charge on any atom is -0.302 e. The predicted molar refractivity (Wildman–Crippen MR) is 70.2 cm³/mol. The largest absolute Gasteiger partial charge is 0.330 e. The zero-order chi connectivity index (χ0) is 14.8. The van der Waals surface area contributed by atoms with Crippen LogP contribution in [0.5, 0.6) is 0 Å². The van der Waals surface area contributed by atoms with Crippen molar-refractivity contribution < 1.29 is 8.42 Å². The van der Waals surface area contributed by atoms with E-state index in [9.17, 15) is 18.0 Å². The molecule has 0 aliphatic rings. The van der Waals surface area contributed by atoms with Crippen LogP contribution in [0.2, 0.25) is 0 Å². The Morgan fingerprint density at radius 1 is 1.42 bits per heavy atom. The van der Waals surface area contributed by atoms with E-state index in [4.69, 9.17) is 6.42 Å². The van der Waals surface area contributed by atoms with Gasteiger partial charge in [0, 0.05) is 20.3 Å². The van der Waals surface area contributed by atoms with Crippen LogP contribution in [-0.2, 0) is 24.1 Å². The molecule has 1 heterocycles. The molecule has 0 fully saturated rings. The molecule has 0 spiro atoms. The summed E-state index contributed by atoms with van der Waals surface area (Å²) in [5, 5.41) is 0. The molecule has 0 aliphatic heterocycles. The molecule has 1 atom stereocenters. The average Bonchev–Trinajstić information content (AvgIpc) is 2.37. The molecule has 0 radical (unpaired) electrons. The van der Waals surface area contributed by atoms with Crippen molar-refractivity contribution in [3.8, 4) is 12.3 Å². The van der Waals surface area contributed by atoms with E-state index >= 15 is 0 Å². The number of nitrogens with zero attached hydrogens (tertiary/aromatic N) is 2. The number of hydrogen-bond acceptors (Lipinski definition) is 4. The maximum absolute atomic E-state index is 12.1. The first-order chi connectivity index (χ1) is 8.74. The minimum absolute atomic E-state index is 0.391. The summed E-state index contributed by atoms with van der Waals surface area (Å²) in [4.78, 5) is 22.8. The van der Waals surface area contributed by atoms with Gasteiger partial charge in [0.1, 0.15) is 0 Å². The Bertz CT molecular complexity index is 737. The molecule has 7 nitrogen and oxygen atoms in total. The van der Waals surface area contributed by atoms with Gasteiger partial charge in [-0.05, 0) is 6.42 Å². The van der Waals surface area contributed by atoms with Gasteiger partial charge < -0.3 is 4.57 Å². The van der Waals surface area contributed by atoms with Crippen molar-refractivity contribution >= 4 is 10.0 Å². The molecule has 0 saturated heterocycles. The van der Waals surface area contributed by atoms with Gasteiger partial charge in [0.05, 0.1) is 6.04 Å². The number of terminal acetylenes is 1. The fourth-order valence-electron chi connectivity index (χ4n) is 1.45. The molecule has 1 aromatic rings. The number of sulfonamides is 1. The second-order valence-corrected chi connectivity index (χ2v) is 5.68. The molecule has 1 rings (SSSR count). The Balaban J connectivity index is 3.44. The van der Waals surface area contributed by atoms with Crippen molar-refractivity contribution in [3.05, 3.63) is 27.0 Å². The molecule has 0 aromatic carbocycles. The summed E-state index contributed by atoms with van der Waals surface area (Å²) in [6.45, 7) is 1.71. The lowest BCUT2D eigenvalue weighted by molar-refractivity contribution is 0.561. The Morgan fingerprint density at radius 3 is 2.47 bits per heavy atom. The zero-order valence-corrected chi connectivity index (χ0v) is 11.7. The third kappa shape index (κ3) is 2.94. The Labute approximate surface area is 110 Å². The van der Waals surface area contributed by atoms with E-state index in [0.29, 0.717) is 6.42 Å². The number of rotatable bonds is 4. The first kappa shape index (κ1) is 15.2. The topological polar surface area (TPSA) is 90.2 Å². The van der Waals surface area contributed by atoms with E-state index in [0.717, 1.165) is 15.3 Å². The predicted octanol–water partition coefficient (Wildman–Crippen LogP) is -1.23. The lowest BCUT2D eigenvalue weighted by Crippen LogP contribution is -2.43. The summed E-state index contributed by atoms with van der Waals surface area (Å²) in [5.74, 6) is 2.27. The van der Waals surface area contributed by atoms with Crippen molar-refractivity contribution in [1.29, 1.82) is 0 Å². The molecule has 0 bridgehead atoms. The molecule has 1 N–H and O–H groups in total. The van der Waals surface area contributed by atoms with Gasteiger partial charge >= 0.3 is 5.69 Å². The van der Waals surface area contributed by atoms with Gasteiger partial charge in [0.25, 0.3) is 5.56 Å². The highest BCUT2D eigenvalue weighted by Gasteiger charge is 2.23. The molecule has 104 valence electrons. The van der Waals surface area contributed by atoms with Gasteiger partial charge in [0.2, 0.25) is 10.0 Å². The quantitative estimate of drug-likeness (QED) is 0.702. The molecule has 1 aromatic heterocycles. The Kier molecular flexibility index (Phi) is 4.34. The molecule has 0 saturated carbocycles. The van der Waals surface area contributed by atoms with Crippen LogP contribution in [0.1, 0.15) is 13.3 Å². The maximum atomic E-state index is 12.1. The van der Waals surface area contributed by atoms with Gasteiger partial charge in [-0.15, -0.1) is 6.42 Å². The van der Waals surface area contributed by atoms with Crippen LogP contribution in [0, 0.1) is 12.3 Å². The Hall–Kier alpha value is -1.85. The van der Waals surface area contributed by atoms with E-state index < -0.39 is 32.2 Å². The summed E-state index contributed by atoms with van der Waals surface area (Å²) in [5.41, 5.74) is -1.49. The standard InChI is InChI=1S/C11H15N3O4S/c1-5-8(6-2)12-19(17,18)9-7-13(3)11(16)14(4)10(9)15/h1,7-8,12H,6H2,2-4H3. The number of hydrogen-bond donors (Lipinski definition) is 1. The monoisotopic (exact) mass is 285 g/mol. The van der Waals surface area contributed by atoms with Crippen molar-refractivity contribution in [1.82, 2.24) is 13.9 Å². The van der Waals surface area contributed by atoms with Crippen molar-refractivity contribution in [2.45, 2.75) is 24.3 Å². The third-order valence-electron chi connectivity index (χ3n) is 2.61. The molecule has 0 aliphatic carbocycles. The Morgan fingerprint density at radius 2 is 2.00 bits per heavy atom. The zero-order valence-electron chi connectivity index (χ0n) is 10.9. The van der Waals surface area contributed by atoms with Gasteiger partial charge in [-0.1, -0.05) is 12.8 Å². The van der Waals surface area contributed by atoms with Gasteiger partial charge in [-0.3, -0.25) is 9.36 Å². The second kappa shape index (κ2) is 5.42. The number of nitrogens with one attached hydrogen (secondary N) is 1. The smallest absolute Gasteiger partial charge is 0.302 e. The normalized spacial score (nSPS) is 12.9. The van der Waals surface area contributed by atoms with Gasteiger partial charge in [-0.2, -0.15) is 4.72 Å². The first-order valence-electron chi connectivity index (χ1n) is 5.49. The summed E-state index contributed by atoms with van der Waals surface area (Å²) in [7, 11) is -1.49. The van der Waals surface area contributed by atoms with Crippen LogP contribution in [-0.4, -0.2) is 23.6 Å². The third-order valence-corrected chi connectivity index (χ3v) is 4.07. The summed E-state index contributed by atoms with van der Waals surface area (Å²) in [6, 6.07) is -0.702. The van der Waals surface area contributed by atoms with Crippen LogP contribution in [0.25, 0.3) is 0 Å². The SMILES string of the molecule is C#CC(CC)NS(=O)(=O)c1cn(C)c(=O)n(C)c1=O. The highest BCUT2D eigenvalue weighted by Crippen LogP contribution is 2.02. The minimum atomic E-state index is -4.06. The van der Waals surface area contributed by atoms with Crippen molar-refractivity contribution in [2.75, 3.05) is 0 Å².